The molecular formula is C15H20N4O. The summed E-state index contributed by atoms with van der Waals surface area (Å²) in [7, 11) is 0. The molecule has 1 N–H and O–H groups in total. The van der Waals surface area contributed by atoms with Gasteiger partial charge in [-0.15, -0.1) is 0 Å². The quantitative estimate of drug-likeness (QED) is 0.895. The molecule has 3 rings (SSSR count). The predicted octanol–water partition coefficient (Wildman–Crippen LogP) is 1.25. The van der Waals surface area contributed by atoms with E-state index in [1.165, 1.54) is 0 Å². The Balaban J connectivity index is 2.08. The van der Waals surface area contributed by atoms with Crippen LogP contribution in [0.25, 0.3) is 5.65 Å². The molecule has 1 aliphatic rings. The Bertz CT molecular complexity index is 641. The minimum atomic E-state index is 0.0986. The molecule has 106 valence electrons. The maximum Gasteiger partial charge on any atom is 0.272 e. The zero-order chi connectivity index (χ0) is 14.1. The molecule has 20 heavy (non-hydrogen) atoms. The van der Waals surface area contributed by atoms with Crippen molar-refractivity contribution in [1.29, 1.82) is 0 Å². The number of aromatic nitrogens is 2. The minimum absolute atomic E-state index is 0.0986. The Morgan fingerprint density at radius 1 is 1.35 bits per heavy atom. The van der Waals surface area contributed by atoms with Crippen LogP contribution in [0.3, 0.4) is 0 Å². The first-order chi connectivity index (χ1) is 9.70. The van der Waals surface area contributed by atoms with Crippen LogP contribution in [0.2, 0.25) is 0 Å². The standard InChI is InChI=1S/C15H20N4O/c1-3-12-14(15(20)18-8-6-16-7-9-18)19-10-11(2)4-5-13(19)17-12/h4-5,10,16H,3,6-9H2,1-2H3. The van der Waals surface area contributed by atoms with Crippen molar-refractivity contribution in [2.75, 3.05) is 26.2 Å². The first-order valence-corrected chi connectivity index (χ1v) is 7.18. The highest BCUT2D eigenvalue weighted by atomic mass is 16.2. The van der Waals surface area contributed by atoms with E-state index in [0.29, 0.717) is 0 Å². The van der Waals surface area contributed by atoms with Gasteiger partial charge in [0.05, 0.1) is 5.69 Å². The van der Waals surface area contributed by atoms with E-state index in [4.69, 9.17) is 0 Å². The second kappa shape index (κ2) is 5.25. The van der Waals surface area contributed by atoms with Gasteiger partial charge < -0.3 is 10.2 Å². The lowest BCUT2D eigenvalue weighted by Crippen LogP contribution is -2.46. The SMILES string of the molecule is CCc1nc2ccc(C)cn2c1C(=O)N1CCNCC1. The average molecular weight is 272 g/mol. The number of piperazine rings is 1. The molecule has 1 amide bonds. The van der Waals surface area contributed by atoms with Crippen LogP contribution < -0.4 is 5.32 Å². The summed E-state index contributed by atoms with van der Waals surface area (Å²) in [6.07, 6.45) is 2.77. The van der Waals surface area contributed by atoms with Gasteiger partial charge in [-0.2, -0.15) is 0 Å². The molecule has 0 saturated carbocycles. The van der Waals surface area contributed by atoms with Gasteiger partial charge >= 0.3 is 0 Å². The lowest BCUT2D eigenvalue weighted by molar-refractivity contribution is 0.0727. The number of nitrogens with zero attached hydrogens (tertiary/aromatic N) is 3. The van der Waals surface area contributed by atoms with E-state index in [-0.39, 0.29) is 5.91 Å². The predicted molar refractivity (Wildman–Crippen MR) is 78.1 cm³/mol. The van der Waals surface area contributed by atoms with Crippen LogP contribution in [0.4, 0.5) is 0 Å². The number of aryl methyl sites for hydroxylation is 2. The van der Waals surface area contributed by atoms with Gasteiger partial charge in [-0.05, 0) is 25.0 Å². The number of hydrogen-bond donors (Lipinski definition) is 1. The third-order valence-corrected chi connectivity index (χ3v) is 3.78. The summed E-state index contributed by atoms with van der Waals surface area (Å²) in [6.45, 7) is 7.33. The fraction of sp³-hybridized carbons (Fsp3) is 0.467. The number of amides is 1. The number of hydrogen-bond acceptors (Lipinski definition) is 3. The molecule has 1 fully saturated rings. The molecule has 0 radical (unpaired) electrons. The van der Waals surface area contributed by atoms with E-state index in [0.717, 1.165) is 55.2 Å². The van der Waals surface area contributed by atoms with Crippen molar-refractivity contribution in [3.05, 3.63) is 35.3 Å². The average Bonchev–Trinajstić information content (AvgIpc) is 2.85. The van der Waals surface area contributed by atoms with E-state index in [1.807, 2.05) is 41.5 Å². The first kappa shape index (κ1) is 13.1. The van der Waals surface area contributed by atoms with E-state index in [2.05, 4.69) is 10.3 Å². The van der Waals surface area contributed by atoms with E-state index < -0.39 is 0 Å². The Kier molecular flexibility index (Phi) is 3.44. The topological polar surface area (TPSA) is 49.6 Å². The van der Waals surface area contributed by atoms with Gasteiger partial charge in [-0.25, -0.2) is 4.98 Å². The number of carbonyl (C=O) groups excluding carboxylic acids is 1. The van der Waals surface area contributed by atoms with Crippen LogP contribution >= 0.6 is 0 Å². The van der Waals surface area contributed by atoms with Gasteiger partial charge in [0.1, 0.15) is 11.3 Å². The van der Waals surface area contributed by atoms with Crippen LogP contribution in [0.1, 0.15) is 28.7 Å². The molecule has 2 aromatic heterocycles. The van der Waals surface area contributed by atoms with Gasteiger partial charge in [0, 0.05) is 32.4 Å². The Morgan fingerprint density at radius 2 is 2.10 bits per heavy atom. The molecule has 1 aliphatic heterocycles. The Morgan fingerprint density at radius 3 is 2.80 bits per heavy atom. The van der Waals surface area contributed by atoms with Crippen LogP contribution in [-0.2, 0) is 6.42 Å². The molecule has 0 atom stereocenters. The third kappa shape index (κ3) is 2.18. The lowest BCUT2D eigenvalue weighted by atomic mass is 10.2. The third-order valence-electron chi connectivity index (χ3n) is 3.78. The summed E-state index contributed by atoms with van der Waals surface area (Å²) < 4.78 is 1.94. The highest BCUT2D eigenvalue weighted by Gasteiger charge is 2.24. The molecule has 0 bridgehead atoms. The van der Waals surface area contributed by atoms with Crippen molar-refractivity contribution in [2.24, 2.45) is 0 Å². The summed E-state index contributed by atoms with van der Waals surface area (Å²) in [5, 5.41) is 3.27. The lowest BCUT2D eigenvalue weighted by Gasteiger charge is -2.27. The van der Waals surface area contributed by atoms with Crippen LogP contribution in [0.5, 0.6) is 0 Å². The van der Waals surface area contributed by atoms with Crippen molar-refractivity contribution in [2.45, 2.75) is 20.3 Å². The van der Waals surface area contributed by atoms with Crippen molar-refractivity contribution in [1.82, 2.24) is 19.6 Å². The maximum absolute atomic E-state index is 12.8. The number of imidazole rings is 1. The fourth-order valence-corrected chi connectivity index (χ4v) is 2.69. The maximum atomic E-state index is 12.8. The van der Waals surface area contributed by atoms with Crippen molar-refractivity contribution < 1.29 is 4.79 Å². The second-order valence-corrected chi connectivity index (χ2v) is 5.24. The molecular weight excluding hydrogens is 252 g/mol. The smallest absolute Gasteiger partial charge is 0.272 e. The number of pyridine rings is 1. The Hall–Kier alpha value is -1.88. The fourth-order valence-electron chi connectivity index (χ4n) is 2.69. The summed E-state index contributed by atoms with van der Waals surface area (Å²) in [4.78, 5) is 19.3. The highest BCUT2D eigenvalue weighted by molar-refractivity contribution is 5.95. The normalized spacial score (nSPS) is 15.8. The van der Waals surface area contributed by atoms with Gasteiger partial charge in [0.15, 0.2) is 0 Å². The van der Waals surface area contributed by atoms with Gasteiger partial charge in [-0.1, -0.05) is 13.0 Å². The van der Waals surface area contributed by atoms with Gasteiger partial charge in [0.2, 0.25) is 0 Å². The van der Waals surface area contributed by atoms with E-state index >= 15 is 0 Å². The van der Waals surface area contributed by atoms with E-state index in [9.17, 15) is 4.79 Å². The molecule has 0 aromatic carbocycles. The zero-order valence-electron chi connectivity index (χ0n) is 12.0. The molecule has 1 saturated heterocycles. The number of fused-ring (bicyclic) bond motifs is 1. The van der Waals surface area contributed by atoms with Crippen LogP contribution in [0, 0.1) is 6.92 Å². The number of nitrogens with one attached hydrogen (secondary N) is 1. The summed E-state index contributed by atoms with van der Waals surface area (Å²) in [5.74, 6) is 0.0986. The van der Waals surface area contributed by atoms with Gasteiger partial charge in [0.25, 0.3) is 5.91 Å². The largest absolute Gasteiger partial charge is 0.335 e. The monoisotopic (exact) mass is 272 g/mol. The Labute approximate surface area is 118 Å². The van der Waals surface area contributed by atoms with Gasteiger partial charge in [-0.3, -0.25) is 9.20 Å². The molecule has 3 heterocycles. The second-order valence-electron chi connectivity index (χ2n) is 5.24. The minimum Gasteiger partial charge on any atom is -0.335 e. The highest BCUT2D eigenvalue weighted by Crippen LogP contribution is 2.17. The molecule has 0 aliphatic carbocycles. The van der Waals surface area contributed by atoms with E-state index in [1.54, 1.807) is 0 Å². The first-order valence-electron chi connectivity index (χ1n) is 7.18. The number of rotatable bonds is 2. The summed E-state index contributed by atoms with van der Waals surface area (Å²) in [6, 6.07) is 4.00. The molecule has 0 unspecified atom stereocenters. The van der Waals surface area contributed by atoms with Crippen molar-refractivity contribution in [3.63, 3.8) is 0 Å². The van der Waals surface area contributed by atoms with Crippen LogP contribution in [-0.4, -0.2) is 46.4 Å². The van der Waals surface area contributed by atoms with Crippen molar-refractivity contribution >= 4 is 11.6 Å². The van der Waals surface area contributed by atoms with Crippen LogP contribution in [0.15, 0.2) is 18.3 Å². The molecule has 5 heteroatoms. The summed E-state index contributed by atoms with van der Waals surface area (Å²) >= 11 is 0. The molecule has 5 nitrogen and oxygen atoms in total. The zero-order valence-corrected chi connectivity index (χ0v) is 12.0. The molecule has 0 spiro atoms. The summed E-state index contributed by atoms with van der Waals surface area (Å²) in [5.41, 5.74) is 3.60. The molecule has 2 aromatic rings. The van der Waals surface area contributed by atoms with Crippen molar-refractivity contribution in [3.8, 4) is 0 Å². The number of carbonyl (C=O) groups is 1.